The number of benzene rings is 2. The van der Waals surface area contributed by atoms with E-state index >= 15 is 0 Å². The summed E-state index contributed by atoms with van der Waals surface area (Å²) in [4.78, 5) is 2.33. The maximum atomic E-state index is 14.1. The minimum atomic E-state index is -1.07. The summed E-state index contributed by atoms with van der Waals surface area (Å²) in [6.45, 7) is 2.29. The van der Waals surface area contributed by atoms with Crippen molar-refractivity contribution in [3.63, 3.8) is 0 Å². The molecule has 0 atom stereocenters. The van der Waals surface area contributed by atoms with Crippen LogP contribution in [0.4, 0.5) is 4.39 Å². The van der Waals surface area contributed by atoms with Crippen LogP contribution in [0.1, 0.15) is 41.5 Å². The van der Waals surface area contributed by atoms with Gasteiger partial charge in [-0.05, 0) is 55.4 Å². The third-order valence-electron chi connectivity index (χ3n) is 5.95. The van der Waals surface area contributed by atoms with Crippen LogP contribution in [-0.2, 0) is 25.0 Å². The van der Waals surface area contributed by atoms with E-state index in [1.165, 1.54) is 29.2 Å². The number of nitrogens with zero attached hydrogens (tertiary/aromatic N) is 1. The molecule has 0 amide bonds. The standard InChI is InChI=1S/C22H26FNO2/c1-26-21-14-17-6-4-5-16(17)13-18(21)15-24-11-9-22(25,10-12-24)19-7-2-3-8-20(19)23/h2-3,7-8,13-14,25H,4-6,9-12,15H2,1H3. The van der Waals surface area contributed by atoms with Crippen LogP contribution in [0.15, 0.2) is 36.4 Å². The molecule has 2 aromatic rings. The lowest BCUT2D eigenvalue weighted by atomic mass is 9.84. The monoisotopic (exact) mass is 355 g/mol. The topological polar surface area (TPSA) is 32.7 Å². The van der Waals surface area contributed by atoms with Gasteiger partial charge in [0.15, 0.2) is 0 Å². The minimum absolute atomic E-state index is 0.316. The van der Waals surface area contributed by atoms with Crippen molar-refractivity contribution >= 4 is 0 Å². The zero-order valence-corrected chi connectivity index (χ0v) is 15.3. The number of hydrogen-bond donors (Lipinski definition) is 1. The fourth-order valence-corrected chi connectivity index (χ4v) is 4.40. The molecular weight excluding hydrogens is 329 g/mol. The molecule has 1 N–H and O–H groups in total. The predicted molar refractivity (Wildman–Crippen MR) is 99.8 cm³/mol. The van der Waals surface area contributed by atoms with Crippen molar-refractivity contribution in [2.75, 3.05) is 20.2 Å². The average Bonchev–Trinajstić information content (AvgIpc) is 3.10. The highest BCUT2D eigenvalue weighted by atomic mass is 19.1. The van der Waals surface area contributed by atoms with Crippen LogP contribution in [0, 0.1) is 5.82 Å². The molecule has 4 rings (SSSR count). The molecule has 1 heterocycles. The molecule has 0 aromatic heterocycles. The van der Waals surface area contributed by atoms with Crippen LogP contribution >= 0.6 is 0 Å². The molecule has 0 unspecified atom stereocenters. The highest BCUT2D eigenvalue weighted by Crippen LogP contribution is 2.36. The molecule has 4 heteroatoms. The van der Waals surface area contributed by atoms with Gasteiger partial charge in [0.2, 0.25) is 0 Å². The number of likely N-dealkylation sites (tertiary alicyclic amines) is 1. The molecule has 26 heavy (non-hydrogen) atoms. The van der Waals surface area contributed by atoms with Crippen molar-refractivity contribution in [1.82, 2.24) is 4.90 Å². The Morgan fingerprint density at radius 2 is 1.81 bits per heavy atom. The van der Waals surface area contributed by atoms with Crippen LogP contribution in [-0.4, -0.2) is 30.2 Å². The van der Waals surface area contributed by atoms with E-state index in [0.717, 1.165) is 38.2 Å². The van der Waals surface area contributed by atoms with Crippen LogP contribution < -0.4 is 4.74 Å². The van der Waals surface area contributed by atoms with Crippen LogP contribution in [0.3, 0.4) is 0 Å². The molecular formula is C22H26FNO2. The van der Waals surface area contributed by atoms with Gasteiger partial charge in [-0.15, -0.1) is 0 Å². The molecule has 2 aliphatic rings. The van der Waals surface area contributed by atoms with Gasteiger partial charge in [-0.25, -0.2) is 4.39 Å². The average molecular weight is 355 g/mol. The molecule has 0 bridgehead atoms. The van der Waals surface area contributed by atoms with Gasteiger partial charge < -0.3 is 9.84 Å². The zero-order chi connectivity index (χ0) is 18.1. The number of ether oxygens (including phenoxy) is 1. The Morgan fingerprint density at radius 1 is 1.12 bits per heavy atom. The fraction of sp³-hybridized carbons (Fsp3) is 0.455. The molecule has 1 fully saturated rings. The smallest absolute Gasteiger partial charge is 0.129 e. The summed E-state index contributed by atoms with van der Waals surface area (Å²) in [5, 5.41) is 10.9. The Morgan fingerprint density at radius 3 is 2.50 bits per heavy atom. The minimum Gasteiger partial charge on any atom is -0.496 e. The number of methoxy groups -OCH3 is 1. The second kappa shape index (κ2) is 7.01. The normalized spacial score (nSPS) is 19.3. The summed E-state index contributed by atoms with van der Waals surface area (Å²) < 4.78 is 19.7. The third kappa shape index (κ3) is 3.24. The molecule has 1 aliphatic heterocycles. The van der Waals surface area contributed by atoms with Gasteiger partial charge in [-0.1, -0.05) is 24.3 Å². The van der Waals surface area contributed by atoms with Crippen molar-refractivity contribution in [1.29, 1.82) is 0 Å². The molecule has 138 valence electrons. The van der Waals surface area contributed by atoms with Gasteiger partial charge in [0.25, 0.3) is 0 Å². The van der Waals surface area contributed by atoms with Crippen molar-refractivity contribution in [2.24, 2.45) is 0 Å². The van der Waals surface area contributed by atoms with Gasteiger partial charge in [-0.2, -0.15) is 0 Å². The van der Waals surface area contributed by atoms with E-state index in [-0.39, 0.29) is 5.82 Å². The Hall–Kier alpha value is -1.91. The molecule has 2 aromatic carbocycles. The van der Waals surface area contributed by atoms with Crippen molar-refractivity contribution in [3.05, 3.63) is 64.5 Å². The summed E-state index contributed by atoms with van der Waals surface area (Å²) >= 11 is 0. The zero-order valence-electron chi connectivity index (χ0n) is 15.3. The Labute approximate surface area is 154 Å². The highest BCUT2D eigenvalue weighted by Gasteiger charge is 2.36. The Balaban J connectivity index is 1.47. The number of halogens is 1. The number of rotatable bonds is 4. The lowest BCUT2D eigenvalue weighted by Gasteiger charge is -2.38. The molecule has 0 radical (unpaired) electrons. The molecule has 1 saturated heterocycles. The van der Waals surface area contributed by atoms with E-state index < -0.39 is 5.60 Å². The van der Waals surface area contributed by atoms with Gasteiger partial charge in [0.1, 0.15) is 11.6 Å². The number of aryl methyl sites for hydroxylation is 2. The Bertz CT molecular complexity index is 797. The summed E-state index contributed by atoms with van der Waals surface area (Å²) in [7, 11) is 1.73. The maximum Gasteiger partial charge on any atom is 0.129 e. The largest absolute Gasteiger partial charge is 0.496 e. The number of aliphatic hydroxyl groups is 1. The lowest BCUT2D eigenvalue weighted by Crippen LogP contribution is -2.42. The van der Waals surface area contributed by atoms with E-state index in [0.29, 0.717) is 18.4 Å². The molecule has 1 aliphatic carbocycles. The summed E-state index contributed by atoms with van der Waals surface area (Å²) in [6, 6.07) is 11.1. The Kier molecular flexibility index (Phi) is 4.72. The van der Waals surface area contributed by atoms with Crippen LogP contribution in [0.2, 0.25) is 0 Å². The van der Waals surface area contributed by atoms with Crippen LogP contribution in [0.25, 0.3) is 0 Å². The lowest BCUT2D eigenvalue weighted by molar-refractivity contribution is -0.0303. The molecule has 0 saturated carbocycles. The summed E-state index contributed by atoms with van der Waals surface area (Å²) in [5.41, 5.74) is 3.43. The SMILES string of the molecule is COc1cc2c(cc1CN1CCC(O)(c3ccccc3F)CC1)CCC2. The van der Waals surface area contributed by atoms with Gasteiger partial charge >= 0.3 is 0 Å². The predicted octanol–water partition coefficient (Wildman–Crippen LogP) is 3.81. The van der Waals surface area contributed by atoms with E-state index in [4.69, 9.17) is 4.74 Å². The van der Waals surface area contributed by atoms with Crippen molar-refractivity contribution in [2.45, 2.75) is 44.2 Å². The first kappa shape index (κ1) is 17.5. The first-order chi connectivity index (χ1) is 12.6. The second-order valence-corrected chi connectivity index (χ2v) is 7.57. The summed E-state index contributed by atoms with van der Waals surface area (Å²) in [6.07, 6.45) is 4.61. The quantitative estimate of drug-likeness (QED) is 0.905. The van der Waals surface area contributed by atoms with Crippen molar-refractivity contribution < 1.29 is 14.2 Å². The van der Waals surface area contributed by atoms with Gasteiger partial charge in [0.05, 0.1) is 12.7 Å². The van der Waals surface area contributed by atoms with E-state index in [2.05, 4.69) is 17.0 Å². The van der Waals surface area contributed by atoms with Gasteiger partial charge in [0, 0.05) is 30.8 Å². The van der Waals surface area contributed by atoms with E-state index in [1.807, 2.05) is 0 Å². The molecule has 0 spiro atoms. The summed E-state index contributed by atoms with van der Waals surface area (Å²) in [5.74, 6) is 0.643. The second-order valence-electron chi connectivity index (χ2n) is 7.57. The van der Waals surface area contributed by atoms with Gasteiger partial charge in [-0.3, -0.25) is 4.90 Å². The third-order valence-corrected chi connectivity index (χ3v) is 5.95. The van der Waals surface area contributed by atoms with E-state index in [1.54, 1.807) is 25.3 Å². The van der Waals surface area contributed by atoms with Crippen LogP contribution in [0.5, 0.6) is 5.75 Å². The first-order valence-electron chi connectivity index (χ1n) is 9.47. The maximum absolute atomic E-state index is 14.1. The fourth-order valence-electron chi connectivity index (χ4n) is 4.40. The number of piperidine rings is 1. The van der Waals surface area contributed by atoms with Crippen molar-refractivity contribution in [3.8, 4) is 5.75 Å². The first-order valence-corrected chi connectivity index (χ1v) is 9.47. The number of hydrogen-bond acceptors (Lipinski definition) is 3. The highest BCUT2D eigenvalue weighted by molar-refractivity contribution is 5.44. The van der Waals surface area contributed by atoms with E-state index in [9.17, 15) is 9.50 Å². The molecule has 3 nitrogen and oxygen atoms in total. The number of fused-ring (bicyclic) bond motifs is 1.